The summed E-state index contributed by atoms with van der Waals surface area (Å²) < 4.78 is 5.69. The lowest BCUT2D eigenvalue weighted by molar-refractivity contribution is -0.117. The van der Waals surface area contributed by atoms with Crippen LogP contribution in [0.3, 0.4) is 0 Å². The first-order chi connectivity index (χ1) is 7.20. The van der Waals surface area contributed by atoms with Crippen LogP contribution in [0, 0.1) is 0 Å². The number of hydrogen-bond donors (Lipinski definition) is 1. The molecule has 0 spiro atoms. The number of anilines is 1. The van der Waals surface area contributed by atoms with E-state index in [1.54, 1.807) is 6.08 Å². The molecule has 1 aliphatic heterocycles. The van der Waals surface area contributed by atoms with E-state index >= 15 is 0 Å². The molecule has 1 aliphatic rings. The highest BCUT2D eigenvalue weighted by Gasteiger charge is 2.20. The number of fused-ring (bicyclic) bond motifs is 1. The van der Waals surface area contributed by atoms with Crippen molar-refractivity contribution in [3.05, 3.63) is 30.3 Å². The fourth-order valence-electron chi connectivity index (χ4n) is 1.65. The lowest BCUT2D eigenvalue weighted by Gasteiger charge is -2.13. The molecule has 2 rings (SSSR count). The number of para-hydroxylation sites is 1. The molecule has 1 aromatic rings. The Morgan fingerprint density at radius 1 is 1.60 bits per heavy atom. The van der Waals surface area contributed by atoms with Gasteiger partial charge in [-0.05, 0) is 13.0 Å². The van der Waals surface area contributed by atoms with E-state index in [2.05, 4.69) is 11.9 Å². The molecule has 0 aliphatic carbocycles. The Hall–Kier alpha value is -1.77. The van der Waals surface area contributed by atoms with Gasteiger partial charge >= 0.3 is 0 Å². The van der Waals surface area contributed by atoms with Gasteiger partial charge in [0.1, 0.15) is 11.9 Å². The van der Waals surface area contributed by atoms with Crippen LogP contribution in [0.2, 0.25) is 0 Å². The lowest BCUT2D eigenvalue weighted by atomic mass is 10.1. The second kappa shape index (κ2) is 3.77. The molecular weight excluding hydrogens is 190 g/mol. The quantitative estimate of drug-likeness (QED) is 0.761. The third kappa shape index (κ3) is 1.86. The van der Waals surface area contributed by atoms with Gasteiger partial charge < -0.3 is 10.1 Å². The van der Waals surface area contributed by atoms with Crippen LogP contribution in [0.4, 0.5) is 5.69 Å². The molecule has 0 aromatic heterocycles. The first-order valence-corrected chi connectivity index (χ1v) is 4.92. The van der Waals surface area contributed by atoms with Gasteiger partial charge in [-0.15, -0.1) is 0 Å². The normalized spacial score (nSPS) is 19.5. The molecule has 1 heterocycles. The minimum Gasteiger partial charge on any atom is -0.487 e. The Morgan fingerprint density at radius 2 is 2.40 bits per heavy atom. The maximum absolute atomic E-state index is 11.4. The molecule has 78 valence electrons. The first kappa shape index (κ1) is 9.77. The standard InChI is InChI=1S/C12H13NO2/c1-3-9-5-4-6-10-12(9)15-8(2)7-11(14)13-10/h3-6,8H,1,7H2,2H3,(H,13,14)/t8-/m1/s1. The number of rotatable bonds is 1. The van der Waals surface area contributed by atoms with Crippen LogP contribution >= 0.6 is 0 Å². The molecule has 3 heteroatoms. The van der Waals surface area contributed by atoms with Crippen molar-refractivity contribution in [1.29, 1.82) is 0 Å². The fraction of sp³-hybridized carbons (Fsp3) is 0.250. The highest BCUT2D eigenvalue weighted by molar-refractivity contribution is 5.94. The Bertz CT molecular complexity index is 412. The van der Waals surface area contributed by atoms with Crippen LogP contribution in [0.5, 0.6) is 5.75 Å². The molecule has 0 bridgehead atoms. The maximum atomic E-state index is 11.4. The van der Waals surface area contributed by atoms with Crippen LogP contribution in [-0.2, 0) is 4.79 Å². The fourth-order valence-corrected chi connectivity index (χ4v) is 1.65. The van der Waals surface area contributed by atoms with Gasteiger partial charge in [-0.1, -0.05) is 24.8 Å². The number of hydrogen-bond acceptors (Lipinski definition) is 2. The number of benzene rings is 1. The minimum absolute atomic E-state index is 0.0116. The Balaban J connectivity index is 2.50. The molecule has 0 saturated heterocycles. The number of amides is 1. The molecule has 1 amide bonds. The van der Waals surface area contributed by atoms with Gasteiger partial charge in [-0.2, -0.15) is 0 Å². The zero-order valence-electron chi connectivity index (χ0n) is 8.62. The summed E-state index contributed by atoms with van der Waals surface area (Å²) in [4.78, 5) is 11.4. The number of carbonyl (C=O) groups excluding carboxylic acids is 1. The van der Waals surface area contributed by atoms with Gasteiger partial charge in [0.2, 0.25) is 5.91 Å². The highest BCUT2D eigenvalue weighted by Crippen LogP contribution is 2.33. The van der Waals surface area contributed by atoms with Crippen molar-refractivity contribution in [2.75, 3.05) is 5.32 Å². The molecule has 0 radical (unpaired) electrons. The topological polar surface area (TPSA) is 38.3 Å². The monoisotopic (exact) mass is 203 g/mol. The number of ether oxygens (including phenoxy) is 1. The predicted octanol–water partition coefficient (Wildman–Crippen LogP) is 2.44. The number of carbonyl (C=O) groups is 1. The molecule has 1 N–H and O–H groups in total. The van der Waals surface area contributed by atoms with E-state index in [1.165, 1.54) is 0 Å². The maximum Gasteiger partial charge on any atom is 0.228 e. The van der Waals surface area contributed by atoms with Gasteiger partial charge in [0.25, 0.3) is 0 Å². The van der Waals surface area contributed by atoms with E-state index in [-0.39, 0.29) is 12.0 Å². The zero-order chi connectivity index (χ0) is 10.8. The summed E-state index contributed by atoms with van der Waals surface area (Å²) in [6.07, 6.45) is 2.00. The molecule has 0 fully saturated rings. The van der Waals surface area contributed by atoms with Crippen molar-refractivity contribution < 1.29 is 9.53 Å². The lowest BCUT2D eigenvalue weighted by Crippen LogP contribution is -2.17. The molecule has 15 heavy (non-hydrogen) atoms. The van der Waals surface area contributed by atoms with Crippen LogP contribution < -0.4 is 10.1 Å². The van der Waals surface area contributed by atoms with Gasteiger partial charge in [-0.25, -0.2) is 0 Å². The second-order valence-electron chi connectivity index (χ2n) is 3.61. The Labute approximate surface area is 88.8 Å². The summed E-state index contributed by atoms with van der Waals surface area (Å²) in [5.74, 6) is 0.702. The second-order valence-corrected chi connectivity index (χ2v) is 3.61. The van der Waals surface area contributed by atoms with Crippen LogP contribution in [0.15, 0.2) is 24.8 Å². The molecule has 0 saturated carbocycles. The SMILES string of the molecule is C=Cc1cccc2c1O[C@H](C)CC(=O)N2. The molecule has 3 nitrogen and oxygen atoms in total. The Kier molecular flexibility index (Phi) is 2.46. The summed E-state index contributed by atoms with van der Waals surface area (Å²) >= 11 is 0. The summed E-state index contributed by atoms with van der Waals surface area (Å²) in [5.41, 5.74) is 1.63. The highest BCUT2D eigenvalue weighted by atomic mass is 16.5. The van der Waals surface area contributed by atoms with E-state index in [0.717, 1.165) is 11.3 Å². The van der Waals surface area contributed by atoms with Crippen molar-refractivity contribution in [3.63, 3.8) is 0 Å². The van der Waals surface area contributed by atoms with Crippen molar-refractivity contribution in [2.24, 2.45) is 0 Å². The Morgan fingerprint density at radius 3 is 3.13 bits per heavy atom. The zero-order valence-corrected chi connectivity index (χ0v) is 8.62. The average molecular weight is 203 g/mol. The van der Waals surface area contributed by atoms with E-state index in [4.69, 9.17) is 4.74 Å². The van der Waals surface area contributed by atoms with Crippen molar-refractivity contribution >= 4 is 17.7 Å². The van der Waals surface area contributed by atoms with E-state index < -0.39 is 0 Å². The molecular formula is C12H13NO2. The predicted molar refractivity (Wildman–Crippen MR) is 59.9 cm³/mol. The van der Waals surface area contributed by atoms with Crippen molar-refractivity contribution in [3.8, 4) is 5.75 Å². The molecule has 1 aromatic carbocycles. The van der Waals surface area contributed by atoms with Crippen molar-refractivity contribution in [2.45, 2.75) is 19.4 Å². The third-order valence-corrected chi connectivity index (χ3v) is 2.33. The van der Waals surface area contributed by atoms with E-state index in [1.807, 2.05) is 25.1 Å². The van der Waals surface area contributed by atoms with Crippen LogP contribution in [0.1, 0.15) is 18.9 Å². The van der Waals surface area contributed by atoms with E-state index in [9.17, 15) is 4.79 Å². The van der Waals surface area contributed by atoms with Gasteiger partial charge in [0, 0.05) is 5.56 Å². The average Bonchev–Trinajstić information content (AvgIpc) is 2.33. The summed E-state index contributed by atoms with van der Waals surface area (Å²) in [7, 11) is 0. The number of nitrogens with one attached hydrogen (secondary N) is 1. The summed E-state index contributed by atoms with van der Waals surface area (Å²) in [6.45, 7) is 5.60. The summed E-state index contributed by atoms with van der Waals surface area (Å²) in [6, 6.07) is 5.61. The smallest absolute Gasteiger partial charge is 0.228 e. The molecule has 1 atom stereocenters. The largest absolute Gasteiger partial charge is 0.487 e. The van der Waals surface area contributed by atoms with Crippen LogP contribution in [0.25, 0.3) is 6.08 Å². The van der Waals surface area contributed by atoms with Gasteiger partial charge in [0.05, 0.1) is 12.1 Å². The van der Waals surface area contributed by atoms with Crippen molar-refractivity contribution in [1.82, 2.24) is 0 Å². The minimum atomic E-state index is -0.104. The van der Waals surface area contributed by atoms with Gasteiger partial charge in [0.15, 0.2) is 0 Å². The van der Waals surface area contributed by atoms with Crippen LogP contribution in [-0.4, -0.2) is 12.0 Å². The van der Waals surface area contributed by atoms with Gasteiger partial charge in [-0.3, -0.25) is 4.79 Å². The first-order valence-electron chi connectivity index (χ1n) is 4.92. The third-order valence-electron chi connectivity index (χ3n) is 2.33. The van der Waals surface area contributed by atoms with E-state index in [0.29, 0.717) is 12.2 Å². The molecule has 0 unspecified atom stereocenters. The summed E-state index contributed by atoms with van der Waals surface area (Å²) in [5, 5.41) is 2.82.